The second kappa shape index (κ2) is 7.97. The lowest BCUT2D eigenvalue weighted by atomic mass is 10.0. The van der Waals surface area contributed by atoms with E-state index in [1.807, 2.05) is 47.0 Å². The molecule has 0 saturated carbocycles. The molecule has 5 nitrogen and oxygen atoms in total. The van der Waals surface area contributed by atoms with E-state index < -0.39 is 0 Å². The summed E-state index contributed by atoms with van der Waals surface area (Å²) in [4.78, 5) is 17.7. The number of hydrogen-bond acceptors (Lipinski definition) is 3. The van der Waals surface area contributed by atoms with Crippen molar-refractivity contribution >= 4 is 39.9 Å². The smallest absolute Gasteiger partial charge is 0.326 e. The molecule has 1 aromatic heterocycles. The molecule has 2 heterocycles. The topological polar surface area (TPSA) is 53.1 Å². The van der Waals surface area contributed by atoms with Crippen LogP contribution in [0.15, 0.2) is 47.3 Å². The zero-order valence-corrected chi connectivity index (χ0v) is 16.4. The molecule has 1 saturated heterocycles. The second-order valence-corrected chi connectivity index (χ2v) is 7.73. The molecule has 0 spiro atoms. The Labute approximate surface area is 167 Å². The van der Waals surface area contributed by atoms with Gasteiger partial charge in [0, 0.05) is 32.2 Å². The molecule has 0 radical (unpaired) electrons. The van der Waals surface area contributed by atoms with Gasteiger partial charge in [0.2, 0.25) is 0 Å². The van der Waals surface area contributed by atoms with Crippen molar-refractivity contribution in [2.45, 2.75) is 18.9 Å². The number of rotatable bonds is 5. The van der Waals surface area contributed by atoms with Crippen molar-refractivity contribution in [3.05, 3.63) is 63.0 Å². The largest absolute Gasteiger partial charge is 0.381 e. The van der Waals surface area contributed by atoms with Crippen LogP contribution in [-0.4, -0.2) is 40.6 Å². The summed E-state index contributed by atoms with van der Waals surface area (Å²) in [6.07, 6.45) is 1.93. The third kappa shape index (κ3) is 3.86. The number of piperidine rings is 1. The van der Waals surface area contributed by atoms with Crippen LogP contribution in [0.3, 0.4) is 0 Å². The van der Waals surface area contributed by atoms with Crippen molar-refractivity contribution in [2.75, 3.05) is 31.5 Å². The lowest BCUT2D eigenvalue weighted by Crippen LogP contribution is -2.39. The lowest BCUT2D eigenvalue weighted by Gasteiger charge is -2.32. The molecule has 142 valence electrons. The number of aromatic nitrogens is 2. The van der Waals surface area contributed by atoms with E-state index in [4.69, 9.17) is 23.2 Å². The third-order valence-electron chi connectivity index (χ3n) is 5.24. The fraction of sp³-hybridized carbons (Fsp3) is 0.350. The average Bonchev–Trinajstić information content (AvgIpc) is 3.00. The summed E-state index contributed by atoms with van der Waals surface area (Å²) in [6.45, 7) is 3.63. The number of likely N-dealkylation sites (tertiary alicyclic amines) is 1. The van der Waals surface area contributed by atoms with Gasteiger partial charge in [0.15, 0.2) is 0 Å². The number of nitrogens with one attached hydrogen (secondary N) is 2. The Balaban J connectivity index is 1.34. The molecule has 0 bridgehead atoms. The van der Waals surface area contributed by atoms with Crippen LogP contribution in [-0.2, 0) is 0 Å². The second-order valence-electron chi connectivity index (χ2n) is 6.91. The van der Waals surface area contributed by atoms with E-state index in [0.29, 0.717) is 10.0 Å². The number of nitrogens with zero attached hydrogens (tertiary/aromatic N) is 2. The van der Waals surface area contributed by atoms with E-state index >= 15 is 0 Å². The van der Waals surface area contributed by atoms with Crippen molar-refractivity contribution in [3.63, 3.8) is 0 Å². The van der Waals surface area contributed by atoms with Gasteiger partial charge < -0.3 is 15.2 Å². The molecule has 27 heavy (non-hydrogen) atoms. The quantitative estimate of drug-likeness (QED) is 0.662. The number of H-pyrrole nitrogens is 1. The van der Waals surface area contributed by atoms with Gasteiger partial charge in [-0.15, -0.1) is 0 Å². The predicted molar refractivity (Wildman–Crippen MR) is 112 cm³/mol. The van der Waals surface area contributed by atoms with Crippen LogP contribution in [0.1, 0.15) is 18.9 Å². The number of hydrogen-bond donors (Lipinski definition) is 2. The molecule has 0 atom stereocenters. The van der Waals surface area contributed by atoms with Crippen LogP contribution in [0.4, 0.5) is 5.69 Å². The molecular formula is C20H22Cl2N4O. The summed E-state index contributed by atoms with van der Waals surface area (Å²) in [5.41, 5.74) is 2.69. The fourth-order valence-corrected chi connectivity index (χ4v) is 4.37. The van der Waals surface area contributed by atoms with Crippen molar-refractivity contribution in [1.29, 1.82) is 0 Å². The number of imidazole rings is 1. The van der Waals surface area contributed by atoms with Gasteiger partial charge in [-0.3, -0.25) is 4.57 Å². The highest BCUT2D eigenvalue weighted by Crippen LogP contribution is 2.30. The molecule has 0 unspecified atom stereocenters. The van der Waals surface area contributed by atoms with Gasteiger partial charge in [-0.1, -0.05) is 41.4 Å². The summed E-state index contributed by atoms with van der Waals surface area (Å²) < 4.78 is 1.93. The minimum atomic E-state index is -0.00956. The Morgan fingerprint density at radius 3 is 2.48 bits per heavy atom. The van der Waals surface area contributed by atoms with E-state index in [9.17, 15) is 4.79 Å². The molecule has 2 N–H and O–H groups in total. The zero-order valence-electron chi connectivity index (χ0n) is 14.9. The SMILES string of the molecule is O=c1[nH]c2ccccc2n1C1CCN(CCNc2c(Cl)cccc2Cl)CC1. The van der Waals surface area contributed by atoms with Crippen molar-refractivity contribution < 1.29 is 0 Å². The maximum absolute atomic E-state index is 12.4. The highest BCUT2D eigenvalue weighted by atomic mass is 35.5. The van der Waals surface area contributed by atoms with Crippen molar-refractivity contribution in [1.82, 2.24) is 14.5 Å². The van der Waals surface area contributed by atoms with Gasteiger partial charge in [-0.2, -0.15) is 0 Å². The minimum Gasteiger partial charge on any atom is -0.381 e. The first-order chi connectivity index (χ1) is 13.1. The van der Waals surface area contributed by atoms with Crippen LogP contribution in [0.25, 0.3) is 11.0 Å². The van der Waals surface area contributed by atoms with Crippen LogP contribution >= 0.6 is 23.2 Å². The van der Waals surface area contributed by atoms with Crippen LogP contribution in [0, 0.1) is 0 Å². The highest BCUT2D eigenvalue weighted by Gasteiger charge is 2.23. The van der Waals surface area contributed by atoms with E-state index in [-0.39, 0.29) is 11.7 Å². The van der Waals surface area contributed by atoms with Gasteiger partial charge >= 0.3 is 5.69 Å². The third-order valence-corrected chi connectivity index (χ3v) is 5.87. The Hall–Kier alpha value is -1.95. The van der Waals surface area contributed by atoms with Gasteiger partial charge in [-0.25, -0.2) is 4.79 Å². The molecule has 7 heteroatoms. The van der Waals surface area contributed by atoms with Gasteiger partial charge in [0.1, 0.15) is 0 Å². The first kappa shape index (κ1) is 18.4. The summed E-state index contributed by atoms with van der Waals surface area (Å²) in [6, 6.07) is 13.6. The number of anilines is 1. The fourth-order valence-electron chi connectivity index (χ4n) is 3.84. The first-order valence-electron chi connectivity index (χ1n) is 9.23. The maximum atomic E-state index is 12.4. The van der Waals surface area contributed by atoms with Crippen LogP contribution in [0.5, 0.6) is 0 Å². The van der Waals surface area contributed by atoms with Gasteiger partial charge in [-0.05, 0) is 37.1 Å². The molecule has 1 aliphatic heterocycles. The highest BCUT2D eigenvalue weighted by molar-refractivity contribution is 6.39. The van der Waals surface area contributed by atoms with Gasteiger partial charge in [0.25, 0.3) is 0 Å². The monoisotopic (exact) mass is 404 g/mol. The molecule has 0 aliphatic carbocycles. The van der Waals surface area contributed by atoms with E-state index in [2.05, 4.69) is 15.2 Å². The Bertz CT molecular complexity index is 969. The van der Waals surface area contributed by atoms with Crippen LogP contribution in [0.2, 0.25) is 10.0 Å². The normalized spacial score (nSPS) is 16.1. The lowest BCUT2D eigenvalue weighted by molar-refractivity contribution is 0.193. The van der Waals surface area contributed by atoms with E-state index in [1.165, 1.54) is 0 Å². The van der Waals surface area contributed by atoms with E-state index in [0.717, 1.165) is 55.7 Å². The summed E-state index contributed by atoms with van der Waals surface area (Å²) in [5, 5.41) is 4.61. The zero-order chi connectivity index (χ0) is 18.8. The molecule has 3 aromatic rings. The number of para-hydroxylation sites is 3. The Kier molecular flexibility index (Phi) is 5.43. The molecular weight excluding hydrogens is 383 g/mol. The number of fused-ring (bicyclic) bond motifs is 1. The number of halogens is 2. The Morgan fingerprint density at radius 1 is 1.04 bits per heavy atom. The maximum Gasteiger partial charge on any atom is 0.326 e. The van der Waals surface area contributed by atoms with Crippen molar-refractivity contribution in [2.24, 2.45) is 0 Å². The van der Waals surface area contributed by atoms with Crippen molar-refractivity contribution in [3.8, 4) is 0 Å². The first-order valence-corrected chi connectivity index (χ1v) is 9.98. The summed E-state index contributed by atoms with van der Waals surface area (Å²) in [5.74, 6) is 0. The number of benzene rings is 2. The molecule has 2 aromatic carbocycles. The molecule has 0 amide bonds. The molecule has 1 fully saturated rings. The summed E-state index contributed by atoms with van der Waals surface area (Å²) in [7, 11) is 0. The Morgan fingerprint density at radius 2 is 1.74 bits per heavy atom. The standard InChI is InChI=1S/C20H22Cl2N4O/c21-15-4-3-5-16(22)19(15)23-10-13-25-11-8-14(9-12-25)26-18-7-2-1-6-17(18)24-20(26)27/h1-7,14,23H,8-13H2,(H,24,27). The summed E-state index contributed by atoms with van der Waals surface area (Å²) >= 11 is 12.4. The van der Waals surface area contributed by atoms with Crippen LogP contribution < -0.4 is 11.0 Å². The molecule has 1 aliphatic rings. The minimum absolute atomic E-state index is 0.00956. The van der Waals surface area contributed by atoms with E-state index in [1.54, 1.807) is 0 Å². The predicted octanol–water partition coefficient (Wildman–Crippen LogP) is 4.39. The number of aromatic amines is 1. The molecule has 4 rings (SSSR count). The average molecular weight is 405 g/mol. The van der Waals surface area contributed by atoms with Gasteiger partial charge in [0.05, 0.1) is 26.8 Å².